The van der Waals surface area contributed by atoms with E-state index < -0.39 is 0 Å². The Hall–Kier alpha value is -1.20. The summed E-state index contributed by atoms with van der Waals surface area (Å²) in [5.41, 5.74) is 0.809. The summed E-state index contributed by atoms with van der Waals surface area (Å²) in [6.07, 6.45) is 0.932. The van der Waals surface area contributed by atoms with E-state index in [1.807, 2.05) is 31.4 Å². The van der Waals surface area contributed by atoms with E-state index in [1.165, 1.54) is 11.3 Å². The van der Waals surface area contributed by atoms with Crippen molar-refractivity contribution in [3.8, 4) is 9.88 Å². The number of hydrogen-bond acceptors (Lipinski definition) is 4. The second kappa shape index (κ2) is 5.63. The van der Waals surface area contributed by atoms with E-state index in [-0.39, 0.29) is 11.9 Å². The summed E-state index contributed by atoms with van der Waals surface area (Å²) in [5, 5.41) is 5.93. The largest absolute Gasteiger partial charge is 0.349 e. The molecule has 1 N–H and O–H groups in total. The molecule has 5 heteroatoms. The molecule has 1 unspecified atom stereocenters. The van der Waals surface area contributed by atoms with Gasteiger partial charge in [0.15, 0.2) is 0 Å². The van der Waals surface area contributed by atoms with E-state index in [2.05, 4.69) is 17.2 Å². The molecule has 0 bridgehead atoms. The molecule has 1 atom stereocenters. The smallest absolute Gasteiger partial charge is 0.263 e. The molecule has 0 fully saturated rings. The third-order valence-corrected chi connectivity index (χ3v) is 4.92. The zero-order valence-electron chi connectivity index (χ0n) is 10.7. The Balaban J connectivity index is 2.22. The van der Waals surface area contributed by atoms with Gasteiger partial charge < -0.3 is 5.32 Å². The van der Waals surface area contributed by atoms with Crippen LogP contribution in [0.5, 0.6) is 0 Å². The summed E-state index contributed by atoms with van der Waals surface area (Å²) in [6, 6.07) is 4.22. The molecule has 2 aromatic heterocycles. The Bertz CT molecular complexity index is 531. The number of thiophene rings is 1. The lowest BCUT2D eigenvalue weighted by atomic mass is 10.2. The molecule has 0 aliphatic carbocycles. The molecule has 0 saturated carbocycles. The normalized spacial score (nSPS) is 12.4. The second-order valence-corrected chi connectivity index (χ2v) is 6.14. The quantitative estimate of drug-likeness (QED) is 0.927. The molecule has 0 aromatic carbocycles. The minimum Gasteiger partial charge on any atom is -0.349 e. The fourth-order valence-electron chi connectivity index (χ4n) is 1.50. The molecule has 1 amide bonds. The van der Waals surface area contributed by atoms with Gasteiger partial charge in [-0.25, -0.2) is 4.98 Å². The number of hydrogen-bond donors (Lipinski definition) is 1. The lowest BCUT2D eigenvalue weighted by molar-refractivity contribution is 0.0942. The van der Waals surface area contributed by atoms with Crippen LogP contribution in [0.3, 0.4) is 0 Å². The van der Waals surface area contributed by atoms with Crippen molar-refractivity contribution in [2.24, 2.45) is 0 Å². The van der Waals surface area contributed by atoms with Crippen molar-refractivity contribution in [3.63, 3.8) is 0 Å². The van der Waals surface area contributed by atoms with Gasteiger partial charge in [-0.1, -0.05) is 13.0 Å². The maximum Gasteiger partial charge on any atom is 0.263 e. The minimum atomic E-state index is -0.0119. The van der Waals surface area contributed by atoms with Gasteiger partial charge in [-0.15, -0.1) is 22.7 Å². The van der Waals surface area contributed by atoms with E-state index in [0.717, 1.165) is 26.9 Å². The Labute approximate surface area is 115 Å². The fourth-order valence-corrected chi connectivity index (χ4v) is 3.27. The highest BCUT2D eigenvalue weighted by Crippen LogP contribution is 2.30. The van der Waals surface area contributed by atoms with Gasteiger partial charge in [0.25, 0.3) is 5.91 Å². The highest BCUT2D eigenvalue weighted by atomic mass is 32.1. The van der Waals surface area contributed by atoms with Gasteiger partial charge in [-0.05, 0) is 31.7 Å². The molecule has 2 aromatic rings. The van der Waals surface area contributed by atoms with Crippen LogP contribution in [0.2, 0.25) is 0 Å². The molecule has 0 aliphatic heterocycles. The average molecular weight is 280 g/mol. The first-order valence-corrected chi connectivity index (χ1v) is 7.63. The van der Waals surface area contributed by atoms with Crippen molar-refractivity contribution < 1.29 is 4.79 Å². The van der Waals surface area contributed by atoms with E-state index in [4.69, 9.17) is 0 Å². The molecule has 2 heterocycles. The number of nitrogens with zero attached hydrogens (tertiary/aromatic N) is 1. The van der Waals surface area contributed by atoms with Crippen molar-refractivity contribution in [3.05, 3.63) is 28.1 Å². The van der Waals surface area contributed by atoms with Crippen LogP contribution in [0.25, 0.3) is 9.88 Å². The van der Waals surface area contributed by atoms with Crippen LogP contribution in [-0.4, -0.2) is 16.9 Å². The van der Waals surface area contributed by atoms with E-state index in [1.54, 1.807) is 11.3 Å². The molecule has 0 spiro atoms. The summed E-state index contributed by atoms with van der Waals surface area (Å²) in [5.74, 6) is -0.0119. The van der Waals surface area contributed by atoms with Crippen LogP contribution in [-0.2, 0) is 0 Å². The molecular weight excluding hydrogens is 264 g/mol. The number of thiazole rings is 1. The highest BCUT2D eigenvalue weighted by molar-refractivity contribution is 7.22. The number of carbonyl (C=O) groups is 1. The first-order chi connectivity index (χ1) is 8.61. The number of rotatable bonds is 4. The Morgan fingerprint density at radius 1 is 1.56 bits per heavy atom. The zero-order valence-corrected chi connectivity index (χ0v) is 12.3. The van der Waals surface area contributed by atoms with Gasteiger partial charge in [-0.2, -0.15) is 0 Å². The van der Waals surface area contributed by atoms with Crippen LogP contribution in [0.15, 0.2) is 17.5 Å². The third-order valence-electron chi connectivity index (χ3n) is 2.72. The topological polar surface area (TPSA) is 42.0 Å². The van der Waals surface area contributed by atoms with Crippen molar-refractivity contribution in [2.75, 3.05) is 0 Å². The maximum atomic E-state index is 12.1. The SMILES string of the molecule is CCC(C)NC(=O)c1sc(-c2cccs2)nc1C. The van der Waals surface area contributed by atoms with Gasteiger partial charge in [0.05, 0.1) is 10.6 Å². The number of carbonyl (C=O) groups excluding carboxylic acids is 1. The molecule has 0 saturated heterocycles. The number of amides is 1. The fraction of sp³-hybridized carbons (Fsp3) is 0.385. The number of aromatic nitrogens is 1. The summed E-state index contributed by atoms with van der Waals surface area (Å²) in [6.45, 7) is 5.95. The summed E-state index contributed by atoms with van der Waals surface area (Å²) in [7, 11) is 0. The van der Waals surface area contributed by atoms with Gasteiger partial charge in [0.2, 0.25) is 0 Å². The zero-order chi connectivity index (χ0) is 13.1. The highest BCUT2D eigenvalue weighted by Gasteiger charge is 2.17. The monoisotopic (exact) mass is 280 g/mol. The molecular formula is C13H16N2OS2. The molecule has 0 radical (unpaired) electrons. The molecule has 0 aliphatic rings. The minimum absolute atomic E-state index is 0.0119. The van der Waals surface area contributed by atoms with Gasteiger partial charge >= 0.3 is 0 Å². The van der Waals surface area contributed by atoms with Gasteiger partial charge in [0.1, 0.15) is 9.88 Å². The standard InChI is InChI=1S/C13H16N2OS2/c1-4-8(2)14-12(16)11-9(3)15-13(18-11)10-6-5-7-17-10/h5-8H,4H2,1-3H3,(H,14,16). The van der Waals surface area contributed by atoms with Crippen molar-refractivity contribution >= 4 is 28.6 Å². The first kappa shape index (κ1) is 13.2. The predicted octanol–water partition coefficient (Wildman–Crippen LogP) is 3.71. The molecule has 18 heavy (non-hydrogen) atoms. The van der Waals surface area contributed by atoms with Crippen LogP contribution in [0.1, 0.15) is 35.6 Å². The Morgan fingerprint density at radius 2 is 2.33 bits per heavy atom. The van der Waals surface area contributed by atoms with Crippen molar-refractivity contribution in [1.29, 1.82) is 0 Å². The average Bonchev–Trinajstić information content (AvgIpc) is 2.97. The lowest BCUT2D eigenvalue weighted by Gasteiger charge is -2.09. The predicted molar refractivity (Wildman–Crippen MR) is 77.4 cm³/mol. The first-order valence-electron chi connectivity index (χ1n) is 5.94. The maximum absolute atomic E-state index is 12.1. The van der Waals surface area contributed by atoms with E-state index >= 15 is 0 Å². The molecule has 3 nitrogen and oxygen atoms in total. The summed E-state index contributed by atoms with van der Waals surface area (Å²) >= 11 is 3.11. The van der Waals surface area contributed by atoms with Crippen molar-refractivity contribution in [2.45, 2.75) is 33.2 Å². The number of nitrogens with one attached hydrogen (secondary N) is 1. The Morgan fingerprint density at radius 3 is 2.94 bits per heavy atom. The third kappa shape index (κ3) is 2.79. The van der Waals surface area contributed by atoms with Crippen LogP contribution in [0, 0.1) is 6.92 Å². The van der Waals surface area contributed by atoms with Crippen LogP contribution in [0.4, 0.5) is 0 Å². The van der Waals surface area contributed by atoms with Crippen LogP contribution < -0.4 is 5.32 Å². The van der Waals surface area contributed by atoms with Gasteiger partial charge in [-0.3, -0.25) is 4.79 Å². The van der Waals surface area contributed by atoms with Crippen molar-refractivity contribution in [1.82, 2.24) is 10.3 Å². The molecule has 96 valence electrons. The van der Waals surface area contributed by atoms with Crippen LogP contribution >= 0.6 is 22.7 Å². The lowest BCUT2D eigenvalue weighted by Crippen LogP contribution is -2.31. The van der Waals surface area contributed by atoms with E-state index in [9.17, 15) is 4.79 Å². The summed E-state index contributed by atoms with van der Waals surface area (Å²) < 4.78 is 0. The molecule has 2 rings (SSSR count). The van der Waals surface area contributed by atoms with Gasteiger partial charge in [0, 0.05) is 6.04 Å². The summed E-state index contributed by atoms with van der Waals surface area (Å²) in [4.78, 5) is 18.4. The van der Waals surface area contributed by atoms with E-state index in [0.29, 0.717) is 0 Å². The Kier molecular flexibility index (Phi) is 4.14. The number of aryl methyl sites for hydroxylation is 1. The second-order valence-electron chi connectivity index (χ2n) is 4.19.